The van der Waals surface area contributed by atoms with Gasteiger partial charge in [0.2, 0.25) is 0 Å². The number of Topliss-reactive ketones (excluding diaryl/α,β-unsaturated/α-hetero) is 1. The van der Waals surface area contributed by atoms with Crippen molar-refractivity contribution in [3.05, 3.63) is 287 Å². The average molecular weight is 1090 g/mol. The van der Waals surface area contributed by atoms with E-state index in [0.29, 0.717) is 35.1 Å². The van der Waals surface area contributed by atoms with Gasteiger partial charge in [0.25, 0.3) is 0 Å². The van der Waals surface area contributed by atoms with Crippen molar-refractivity contribution in [1.29, 1.82) is 10.5 Å². The van der Waals surface area contributed by atoms with Gasteiger partial charge in [-0.1, -0.05) is 174 Å². The Kier molecular flexibility index (Phi) is 11.6. The van der Waals surface area contributed by atoms with Crippen LogP contribution in [0.3, 0.4) is 0 Å². The number of carbonyl (C=O) groups is 1. The van der Waals surface area contributed by atoms with Crippen molar-refractivity contribution >= 4 is 66.1 Å². The number of hydrogen-bond donors (Lipinski definition) is 0. The lowest BCUT2D eigenvalue weighted by Crippen LogP contribution is -2.29. The van der Waals surface area contributed by atoms with Crippen molar-refractivity contribution in [2.24, 2.45) is 0 Å². The summed E-state index contributed by atoms with van der Waals surface area (Å²) < 4.78 is 2.71. The number of benzene rings is 7. The molecule has 0 radical (unpaired) electrons. The lowest BCUT2D eigenvalue weighted by Gasteiger charge is -2.35. The van der Waals surface area contributed by atoms with Crippen LogP contribution >= 0.6 is 45.3 Å². The molecule has 4 aromatic heterocycles. The second-order valence-electron chi connectivity index (χ2n) is 21.4. The summed E-state index contributed by atoms with van der Waals surface area (Å²) in [7, 11) is 0. The van der Waals surface area contributed by atoms with Crippen LogP contribution in [0.2, 0.25) is 0 Å². The maximum atomic E-state index is 13.7. The van der Waals surface area contributed by atoms with E-state index in [1.165, 1.54) is 128 Å². The van der Waals surface area contributed by atoms with E-state index < -0.39 is 10.8 Å². The molecule has 4 heterocycles. The van der Waals surface area contributed by atoms with Crippen molar-refractivity contribution in [3.8, 4) is 53.9 Å². The van der Waals surface area contributed by atoms with E-state index >= 15 is 0 Å². The summed E-state index contributed by atoms with van der Waals surface area (Å²) in [5.74, 6) is -0.137. The third-order valence-corrected chi connectivity index (χ3v) is 21.5. The first-order chi connectivity index (χ1) is 38.5. The summed E-state index contributed by atoms with van der Waals surface area (Å²) >= 11 is 7.62. The van der Waals surface area contributed by atoms with E-state index in [-0.39, 0.29) is 11.4 Å². The minimum atomic E-state index is -0.645. The zero-order valence-corrected chi connectivity index (χ0v) is 47.5. The van der Waals surface area contributed by atoms with E-state index in [1.54, 1.807) is 17.4 Å². The molecule has 0 saturated carbocycles. The topological polar surface area (TPSA) is 64.7 Å². The van der Waals surface area contributed by atoms with Crippen LogP contribution in [0.25, 0.3) is 56.7 Å². The van der Waals surface area contributed by atoms with Crippen molar-refractivity contribution in [3.63, 3.8) is 0 Å². The van der Waals surface area contributed by atoms with Gasteiger partial charge < -0.3 is 0 Å². The smallest absolute Gasteiger partial charge is 0.194 e. The highest BCUT2D eigenvalue weighted by molar-refractivity contribution is 7.32. The van der Waals surface area contributed by atoms with Gasteiger partial charge in [-0.15, -0.1) is 45.3 Å². The molecule has 0 bridgehead atoms. The largest absolute Gasteiger partial charge is 0.289 e. The highest BCUT2D eigenvalue weighted by atomic mass is 32.1. The number of carbonyl (C=O) groups excluding carboxylic acids is 1. The number of fused-ring (bicyclic) bond motifs is 10. The van der Waals surface area contributed by atoms with Crippen LogP contribution < -0.4 is 0 Å². The van der Waals surface area contributed by atoms with E-state index in [0.717, 1.165) is 0 Å². The fourth-order valence-corrected chi connectivity index (χ4v) is 18.0. The SMILES string of the molecule is Cc1ccc(C2(c3ccc(C)cc3)c3cc(-c4ccc(C)s4)ccc3-c3sc4c5c(sc4c32)-c2ccc(-c3ccc(CC/C=C4\C(=O)c6ccccc6C4=C(C#N)C#N)s3)cc2C5(c2ccc(C)cc2)c2ccc(C)cc2)cc1. The molecule has 0 amide bonds. The zero-order chi connectivity index (χ0) is 53.9. The summed E-state index contributed by atoms with van der Waals surface area (Å²) in [6, 6.07) is 72.2. The minimum Gasteiger partial charge on any atom is -0.289 e. The standard InChI is InChI=1S/C72H50N2OS4/c1-41-13-24-49(25-14-41)71(50-26-15-42(2)16-27-50)59-37-46(61-35-21-45(5)76-61)22-33-56(59)67-64(71)69-70(78-67)65-68(79-69)57-34-23-47(38-60(57)72(65,51-28-17-43(3)18-29-51)52-30-19-44(4)20-31-52)62-36-32-53(77-62)9-8-12-58-63(48(39-73)40-74)54-10-6-7-11-55(54)66(58)75/h6-7,10-38H,8-9H2,1-5H3/b58-12-. The molecule has 79 heavy (non-hydrogen) atoms. The highest BCUT2D eigenvalue weighted by Gasteiger charge is 2.54. The molecule has 3 aliphatic carbocycles. The van der Waals surface area contributed by atoms with Gasteiger partial charge in [-0.05, 0) is 145 Å². The van der Waals surface area contributed by atoms with Crippen molar-refractivity contribution in [2.45, 2.75) is 58.3 Å². The molecule has 0 N–H and O–H groups in total. The highest BCUT2D eigenvalue weighted by Crippen LogP contribution is 2.68. The summed E-state index contributed by atoms with van der Waals surface area (Å²) in [5.41, 5.74) is 21.2. The fraction of sp³-hybridized carbons (Fsp3) is 0.125. The normalized spacial score (nSPS) is 14.7. The predicted octanol–water partition coefficient (Wildman–Crippen LogP) is 19.2. The molecule has 3 aliphatic rings. The molecule has 3 nitrogen and oxygen atoms in total. The molecule has 14 rings (SSSR count). The monoisotopic (exact) mass is 1090 g/mol. The fourth-order valence-electron chi connectivity index (χ4n) is 12.9. The van der Waals surface area contributed by atoms with Gasteiger partial charge in [0, 0.05) is 57.1 Å². The van der Waals surface area contributed by atoms with Crippen molar-refractivity contribution < 1.29 is 4.79 Å². The number of hydrogen-bond acceptors (Lipinski definition) is 7. The maximum absolute atomic E-state index is 13.7. The molecule has 378 valence electrons. The summed E-state index contributed by atoms with van der Waals surface area (Å²) in [4.78, 5) is 21.3. The zero-order valence-electron chi connectivity index (χ0n) is 44.2. The number of thiophene rings is 4. The molecule has 0 fully saturated rings. The Bertz CT molecular complexity index is 4390. The summed E-state index contributed by atoms with van der Waals surface area (Å²) in [6.07, 6.45) is 3.22. The van der Waals surface area contributed by atoms with E-state index in [2.05, 4.69) is 192 Å². The number of aryl methyl sites for hydroxylation is 6. The molecule has 0 saturated heterocycles. The summed E-state index contributed by atoms with van der Waals surface area (Å²) in [5, 5.41) is 19.8. The molecule has 0 atom stereocenters. The van der Waals surface area contributed by atoms with E-state index in [1.807, 2.05) is 70.4 Å². The third kappa shape index (κ3) is 7.34. The Labute approximate surface area is 477 Å². The number of nitriles is 2. The quantitative estimate of drug-likeness (QED) is 0.107. The maximum Gasteiger partial charge on any atom is 0.194 e. The van der Waals surface area contributed by atoms with Crippen LogP contribution in [0.5, 0.6) is 0 Å². The minimum absolute atomic E-state index is 0.0354. The van der Waals surface area contributed by atoms with Gasteiger partial charge in [-0.2, -0.15) is 10.5 Å². The van der Waals surface area contributed by atoms with Gasteiger partial charge >= 0.3 is 0 Å². The van der Waals surface area contributed by atoms with Crippen molar-refractivity contribution in [2.75, 3.05) is 0 Å². The Morgan fingerprint density at radius 1 is 0.481 bits per heavy atom. The Balaban J connectivity index is 0.964. The molecule has 0 unspecified atom stereocenters. The van der Waals surface area contributed by atoms with Crippen LogP contribution in [0, 0.1) is 57.3 Å². The molecule has 7 heteroatoms. The first-order valence-electron chi connectivity index (χ1n) is 26.7. The Morgan fingerprint density at radius 2 is 0.924 bits per heavy atom. The first-order valence-corrected chi connectivity index (χ1v) is 30.0. The van der Waals surface area contributed by atoms with Gasteiger partial charge in [0.05, 0.1) is 20.2 Å². The number of rotatable bonds is 9. The molecule has 11 aromatic rings. The van der Waals surface area contributed by atoms with Crippen LogP contribution in [0.4, 0.5) is 0 Å². The lowest BCUT2D eigenvalue weighted by molar-refractivity contribution is 0.104. The van der Waals surface area contributed by atoms with E-state index in [4.69, 9.17) is 0 Å². The molecule has 0 aliphatic heterocycles. The van der Waals surface area contributed by atoms with Gasteiger partial charge in [-0.3, -0.25) is 4.79 Å². The van der Waals surface area contributed by atoms with Crippen molar-refractivity contribution in [1.82, 2.24) is 0 Å². The third-order valence-electron chi connectivity index (χ3n) is 16.7. The number of allylic oxidation sites excluding steroid dienone is 4. The molecular weight excluding hydrogens is 1040 g/mol. The molecule has 0 spiro atoms. The van der Waals surface area contributed by atoms with Gasteiger partial charge in [0.15, 0.2) is 5.78 Å². The number of ketones is 1. The van der Waals surface area contributed by atoms with Crippen LogP contribution in [-0.4, -0.2) is 5.78 Å². The van der Waals surface area contributed by atoms with Crippen LogP contribution in [0.1, 0.15) is 98.9 Å². The van der Waals surface area contributed by atoms with Crippen LogP contribution in [0.15, 0.2) is 199 Å². The lowest BCUT2D eigenvalue weighted by atomic mass is 9.66. The van der Waals surface area contributed by atoms with Crippen LogP contribution in [-0.2, 0) is 17.3 Å². The molecular formula is C72H50N2OS4. The Morgan fingerprint density at radius 3 is 1.37 bits per heavy atom. The van der Waals surface area contributed by atoms with Gasteiger partial charge in [0.1, 0.15) is 17.7 Å². The first kappa shape index (κ1) is 49.1. The summed E-state index contributed by atoms with van der Waals surface area (Å²) in [6.45, 7) is 10.9. The second kappa shape index (κ2) is 18.7. The van der Waals surface area contributed by atoms with E-state index in [9.17, 15) is 15.3 Å². The average Bonchev–Trinajstić information content (AvgIpc) is 3.48. The second-order valence-corrected chi connectivity index (χ2v) is 25.9. The Hall–Kier alpha value is -8.27. The predicted molar refractivity (Wildman–Crippen MR) is 330 cm³/mol. The molecule has 7 aromatic carbocycles. The number of nitrogens with zero attached hydrogens (tertiary/aromatic N) is 2. The van der Waals surface area contributed by atoms with Gasteiger partial charge in [-0.25, -0.2) is 0 Å².